The van der Waals surface area contributed by atoms with Gasteiger partial charge < -0.3 is 0 Å². The summed E-state index contributed by atoms with van der Waals surface area (Å²) in [6.45, 7) is 5.74. The monoisotopic (exact) mass is 366 g/mol. The van der Waals surface area contributed by atoms with E-state index in [9.17, 15) is 4.79 Å². The Morgan fingerprint density at radius 2 is 1.95 bits per heavy atom. The fraction of sp³-hybridized carbons (Fsp3) is 0.286. The maximum atomic E-state index is 12.4. The van der Waals surface area contributed by atoms with Gasteiger partial charge in [-0.1, -0.05) is 48.8 Å². The summed E-state index contributed by atoms with van der Waals surface area (Å²) in [5, 5.41) is 10.9. The summed E-state index contributed by atoms with van der Waals surface area (Å²) in [5.74, 6) is 0. The van der Waals surface area contributed by atoms with Gasteiger partial charge in [0, 0.05) is 9.89 Å². The largest absolute Gasteiger partial charge is 0.297 e. The zero-order valence-electron chi connectivity index (χ0n) is 11.9. The van der Waals surface area contributed by atoms with E-state index in [-0.39, 0.29) is 15.7 Å². The van der Waals surface area contributed by atoms with Gasteiger partial charge in [0.05, 0.1) is 6.21 Å². The van der Waals surface area contributed by atoms with E-state index in [4.69, 9.17) is 12.2 Å². The van der Waals surface area contributed by atoms with Crippen molar-refractivity contribution in [3.05, 3.63) is 55.1 Å². The zero-order valence-corrected chi connectivity index (χ0v) is 14.3. The van der Waals surface area contributed by atoms with Crippen LogP contribution in [0.15, 0.2) is 38.6 Å². The zero-order chi connectivity index (χ0) is 15.6. The summed E-state index contributed by atoms with van der Waals surface area (Å²) in [7, 11) is 0. The molecule has 2 aromatic rings. The Bertz CT molecular complexity index is 784. The average molecular weight is 367 g/mol. The van der Waals surface area contributed by atoms with Crippen molar-refractivity contribution >= 4 is 34.4 Å². The number of H-pyrrole nitrogens is 1. The van der Waals surface area contributed by atoms with Crippen molar-refractivity contribution < 1.29 is 0 Å². The van der Waals surface area contributed by atoms with Gasteiger partial charge in [0.2, 0.25) is 4.77 Å². The highest BCUT2D eigenvalue weighted by atomic mass is 79.9. The number of halogens is 1. The normalized spacial score (nSPS) is 12.0. The van der Waals surface area contributed by atoms with Crippen LogP contribution in [0.25, 0.3) is 0 Å². The summed E-state index contributed by atoms with van der Waals surface area (Å²) < 4.78 is 2.31. The summed E-state index contributed by atoms with van der Waals surface area (Å²) in [6.07, 6.45) is 1.59. The van der Waals surface area contributed by atoms with Crippen molar-refractivity contribution in [2.45, 2.75) is 26.2 Å². The molecule has 0 saturated heterocycles. The molecule has 1 N–H and O–H groups in total. The quantitative estimate of drug-likeness (QED) is 0.655. The van der Waals surface area contributed by atoms with Crippen LogP contribution < -0.4 is 5.56 Å². The van der Waals surface area contributed by atoms with E-state index >= 15 is 0 Å². The lowest BCUT2D eigenvalue weighted by atomic mass is 9.93. The molecule has 0 aliphatic heterocycles. The van der Waals surface area contributed by atoms with E-state index < -0.39 is 0 Å². The maximum Gasteiger partial charge on any atom is 0.297 e. The van der Waals surface area contributed by atoms with Gasteiger partial charge in [-0.2, -0.15) is 14.9 Å². The van der Waals surface area contributed by atoms with Crippen LogP contribution in [0.5, 0.6) is 0 Å². The van der Waals surface area contributed by atoms with Crippen LogP contribution in [0.4, 0.5) is 0 Å². The fourth-order valence-electron chi connectivity index (χ4n) is 1.66. The molecule has 0 aliphatic carbocycles. The predicted octanol–water partition coefficient (Wildman–Crippen LogP) is 3.24. The summed E-state index contributed by atoms with van der Waals surface area (Å²) in [5.41, 5.74) is 0.572. The summed E-state index contributed by atoms with van der Waals surface area (Å²) >= 11 is 8.45. The molecule has 0 spiro atoms. The van der Waals surface area contributed by atoms with Crippen LogP contribution in [0.3, 0.4) is 0 Å². The fourth-order valence-corrected chi connectivity index (χ4v) is 2.10. The first-order valence-electron chi connectivity index (χ1n) is 6.31. The summed E-state index contributed by atoms with van der Waals surface area (Å²) in [6, 6.07) is 7.57. The Balaban J connectivity index is 2.47. The third-order valence-corrected chi connectivity index (χ3v) is 3.55. The molecule has 7 heteroatoms. The molecule has 1 aromatic heterocycles. The van der Waals surface area contributed by atoms with Crippen molar-refractivity contribution in [1.29, 1.82) is 0 Å². The highest BCUT2D eigenvalue weighted by molar-refractivity contribution is 9.10. The van der Waals surface area contributed by atoms with Crippen LogP contribution in [-0.4, -0.2) is 21.1 Å². The van der Waals surface area contributed by atoms with E-state index in [1.165, 1.54) is 0 Å². The lowest BCUT2D eigenvalue weighted by Gasteiger charge is -2.16. The topological polar surface area (TPSA) is 63.0 Å². The van der Waals surface area contributed by atoms with E-state index in [0.717, 1.165) is 14.7 Å². The second-order valence-corrected chi connectivity index (χ2v) is 6.84. The Morgan fingerprint density at radius 1 is 1.33 bits per heavy atom. The number of hydrogen-bond donors (Lipinski definition) is 1. The first-order chi connectivity index (χ1) is 9.79. The second kappa shape index (κ2) is 6.03. The Labute approximate surface area is 135 Å². The number of rotatable bonds is 2. The minimum absolute atomic E-state index is 0.168. The van der Waals surface area contributed by atoms with Crippen molar-refractivity contribution in [3.8, 4) is 0 Å². The predicted molar refractivity (Wildman–Crippen MR) is 89.5 cm³/mol. The molecule has 0 fully saturated rings. The molecule has 0 saturated carbocycles. The number of hydrogen-bond acceptors (Lipinski definition) is 4. The van der Waals surface area contributed by atoms with Gasteiger partial charge in [-0.15, -0.1) is 0 Å². The minimum Gasteiger partial charge on any atom is -0.265 e. The van der Waals surface area contributed by atoms with Gasteiger partial charge in [0.15, 0.2) is 0 Å². The van der Waals surface area contributed by atoms with Crippen LogP contribution in [0.1, 0.15) is 32.0 Å². The number of aromatic nitrogens is 3. The highest BCUT2D eigenvalue weighted by Gasteiger charge is 2.21. The molecule has 0 bridgehead atoms. The third kappa shape index (κ3) is 3.74. The first-order valence-corrected chi connectivity index (χ1v) is 7.51. The third-order valence-electron chi connectivity index (χ3n) is 2.75. The smallest absolute Gasteiger partial charge is 0.265 e. The van der Waals surface area contributed by atoms with Gasteiger partial charge in [-0.3, -0.25) is 9.89 Å². The van der Waals surface area contributed by atoms with E-state index in [1.807, 2.05) is 45.0 Å². The molecule has 0 amide bonds. The molecular weight excluding hydrogens is 352 g/mol. The van der Waals surface area contributed by atoms with E-state index in [2.05, 4.69) is 31.2 Å². The molecule has 0 radical (unpaired) electrons. The lowest BCUT2D eigenvalue weighted by molar-refractivity contribution is 0.529. The Morgan fingerprint density at radius 3 is 2.52 bits per heavy atom. The standard InChI is InChI=1S/C14H15BrN4OS/c1-14(2,3)11-12(20)19(13(21)18-17-11)16-8-9-4-6-10(15)7-5-9/h4-8H,1-3H3,(H,18,21)/b16-8-. The number of nitrogens with one attached hydrogen (secondary N) is 1. The van der Waals surface area contributed by atoms with E-state index in [1.54, 1.807) is 6.21 Å². The minimum atomic E-state index is -0.383. The SMILES string of the molecule is CC(C)(C)c1n[nH]c(=S)n(/N=C\c2ccc(Br)cc2)c1=O. The molecule has 110 valence electrons. The van der Waals surface area contributed by atoms with Crippen LogP contribution in [0, 0.1) is 4.77 Å². The first kappa shape index (κ1) is 15.8. The molecule has 0 unspecified atom stereocenters. The van der Waals surface area contributed by atoms with Gasteiger partial charge in [-0.05, 0) is 29.9 Å². The van der Waals surface area contributed by atoms with Crippen molar-refractivity contribution in [2.75, 3.05) is 0 Å². The molecule has 1 heterocycles. The summed E-state index contributed by atoms with van der Waals surface area (Å²) in [4.78, 5) is 12.4. The van der Waals surface area contributed by atoms with Crippen molar-refractivity contribution in [1.82, 2.24) is 14.9 Å². The Kier molecular flexibility index (Phi) is 4.53. The lowest BCUT2D eigenvalue weighted by Crippen LogP contribution is -2.32. The number of nitrogens with zero attached hydrogens (tertiary/aromatic N) is 3. The molecule has 0 atom stereocenters. The van der Waals surface area contributed by atoms with Crippen molar-refractivity contribution in [2.24, 2.45) is 5.10 Å². The Hall–Kier alpha value is -1.60. The van der Waals surface area contributed by atoms with Gasteiger partial charge in [-0.25, -0.2) is 0 Å². The molecule has 5 nitrogen and oxygen atoms in total. The van der Waals surface area contributed by atoms with Crippen LogP contribution in [0.2, 0.25) is 0 Å². The average Bonchev–Trinajstić information content (AvgIpc) is 2.39. The highest BCUT2D eigenvalue weighted by Crippen LogP contribution is 2.15. The van der Waals surface area contributed by atoms with Crippen LogP contribution in [-0.2, 0) is 5.41 Å². The number of benzene rings is 1. The number of aromatic amines is 1. The van der Waals surface area contributed by atoms with Crippen LogP contribution >= 0.6 is 28.1 Å². The van der Waals surface area contributed by atoms with Crippen molar-refractivity contribution in [3.63, 3.8) is 0 Å². The molecule has 21 heavy (non-hydrogen) atoms. The maximum absolute atomic E-state index is 12.4. The van der Waals surface area contributed by atoms with Gasteiger partial charge in [0.25, 0.3) is 5.56 Å². The van der Waals surface area contributed by atoms with Gasteiger partial charge in [0.1, 0.15) is 5.69 Å². The second-order valence-electron chi connectivity index (χ2n) is 5.54. The molecular formula is C14H15BrN4OS. The molecule has 2 rings (SSSR count). The molecule has 1 aromatic carbocycles. The van der Waals surface area contributed by atoms with Gasteiger partial charge >= 0.3 is 0 Å². The molecule has 0 aliphatic rings. The van der Waals surface area contributed by atoms with E-state index in [0.29, 0.717) is 5.69 Å².